The summed E-state index contributed by atoms with van der Waals surface area (Å²) in [5.41, 5.74) is 4.88. The summed E-state index contributed by atoms with van der Waals surface area (Å²) in [5.74, 6) is 1.58. The molecule has 0 saturated heterocycles. The summed E-state index contributed by atoms with van der Waals surface area (Å²) in [7, 11) is 1.86. The molecule has 1 amide bonds. The van der Waals surface area contributed by atoms with E-state index < -0.39 is 0 Å². The van der Waals surface area contributed by atoms with Gasteiger partial charge in [-0.25, -0.2) is 0 Å². The van der Waals surface area contributed by atoms with E-state index in [0.29, 0.717) is 11.0 Å². The molecule has 0 aliphatic rings. The van der Waals surface area contributed by atoms with Crippen molar-refractivity contribution in [2.45, 2.75) is 39.5 Å². The van der Waals surface area contributed by atoms with Crippen LogP contribution < -0.4 is 10.1 Å². The van der Waals surface area contributed by atoms with Gasteiger partial charge in [-0.2, -0.15) is 0 Å². The van der Waals surface area contributed by atoms with Gasteiger partial charge in [0, 0.05) is 17.8 Å². The number of hydrogen-bond donors (Lipinski definition) is 1. The van der Waals surface area contributed by atoms with Crippen LogP contribution in [0.25, 0.3) is 0 Å². The van der Waals surface area contributed by atoms with E-state index in [1.807, 2.05) is 69.6 Å². The van der Waals surface area contributed by atoms with Crippen LogP contribution in [0.15, 0.2) is 35.5 Å². The highest BCUT2D eigenvalue weighted by atomic mass is 35.5. The molecule has 158 valence electrons. The fourth-order valence-electron chi connectivity index (χ4n) is 3.05. The number of amides is 1. The SMILES string of the molecule is Cc1cc(OCc2nnc(SCC(=O)Nc3c(C)cccc3C)n2C)cc(C)c1Cl. The molecule has 1 heterocycles. The Morgan fingerprint density at radius 3 is 2.37 bits per heavy atom. The molecule has 0 bridgehead atoms. The number of benzene rings is 2. The predicted octanol–water partition coefficient (Wildman–Crippen LogP) is 5.01. The number of aromatic nitrogens is 3. The minimum Gasteiger partial charge on any atom is -0.486 e. The normalized spacial score (nSPS) is 10.9. The molecule has 0 saturated carbocycles. The first-order chi connectivity index (χ1) is 14.3. The van der Waals surface area contributed by atoms with Gasteiger partial charge in [0.1, 0.15) is 12.4 Å². The monoisotopic (exact) mass is 444 g/mol. The maximum absolute atomic E-state index is 12.4. The number of anilines is 1. The first-order valence-corrected chi connectivity index (χ1v) is 10.9. The van der Waals surface area contributed by atoms with Crippen molar-refractivity contribution in [2.24, 2.45) is 7.05 Å². The number of hydrogen-bond acceptors (Lipinski definition) is 5. The summed E-state index contributed by atoms with van der Waals surface area (Å²) in [6.45, 7) is 8.13. The number of ether oxygens (including phenoxy) is 1. The molecule has 0 atom stereocenters. The number of nitrogens with zero attached hydrogens (tertiary/aromatic N) is 3. The molecule has 1 aromatic heterocycles. The van der Waals surface area contributed by atoms with Crippen LogP contribution in [0.1, 0.15) is 28.1 Å². The second-order valence-corrected chi connectivity index (χ2v) is 8.54. The summed E-state index contributed by atoms with van der Waals surface area (Å²) >= 11 is 7.55. The Morgan fingerprint density at radius 1 is 1.10 bits per heavy atom. The first-order valence-electron chi connectivity index (χ1n) is 9.53. The van der Waals surface area contributed by atoms with Gasteiger partial charge < -0.3 is 14.6 Å². The molecular formula is C22H25ClN4O2S. The van der Waals surface area contributed by atoms with Crippen LogP contribution in [-0.4, -0.2) is 26.4 Å². The highest BCUT2D eigenvalue weighted by Crippen LogP contribution is 2.26. The third-order valence-electron chi connectivity index (χ3n) is 4.78. The van der Waals surface area contributed by atoms with Crippen molar-refractivity contribution in [2.75, 3.05) is 11.1 Å². The number of rotatable bonds is 7. The quantitative estimate of drug-likeness (QED) is 0.518. The van der Waals surface area contributed by atoms with Gasteiger partial charge in [0.25, 0.3) is 0 Å². The lowest BCUT2D eigenvalue weighted by molar-refractivity contribution is -0.113. The van der Waals surface area contributed by atoms with E-state index in [1.165, 1.54) is 11.8 Å². The predicted molar refractivity (Wildman–Crippen MR) is 122 cm³/mol. The Bertz CT molecular complexity index is 1040. The van der Waals surface area contributed by atoms with Gasteiger partial charge in [0.15, 0.2) is 11.0 Å². The van der Waals surface area contributed by atoms with Crippen molar-refractivity contribution in [1.82, 2.24) is 14.8 Å². The highest BCUT2D eigenvalue weighted by Gasteiger charge is 2.14. The average Bonchev–Trinajstić information content (AvgIpc) is 3.05. The van der Waals surface area contributed by atoms with Crippen LogP contribution in [0.5, 0.6) is 5.75 Å². The molecule has 0 aliphatic heterocycles. The first kappa shape index (κ1) is 22.2. The van der Waals surface area contributed by atoms with Gasteiger partial charge in [-0.05, 0) is 62.1 Å². The second-order valence-electron chi connectivity index (χ2n) is 7.22. The van der Waals surface area contributed by atoms with E-state index in [4.69, 9.17) is 16.3 Å². The molecule has 0 aliphatic carbocycles. The van der Waals surface area contributed by atoms with Crippen molar-refractivity contribution in [1.29, 1.82) is 0 Å². The van der Waals surface area contributed by atoms with E-state index in [0.717, 1.165) is 38.7 Å². The molecule has 3 rings (SSSR count). The van der Waals surface area contributed by atoms with Crippen molar-refractivity contribution in [3.63, 3.8) is 0 Å². The maximum atomic E-state index is 12.4. The van der Waals surface area contributed by atoms with E-state index in [2.05, 4.69) is 15.5 Å². The third-order valence-corrected chi connectivity index (χ3v) is 6.40. The Kier molecular flexibility index (Phi) is 7.05. The van der Waals surface area contributed by atoms with Gasteiger partial charge in [0.2, 0.25) is 5.91 Å². The van der Waals surface area contributed by atoms with Gasteiger partial charge in [-0.1, -0.05) is 41.6 Å². The Hall–Kier alpha value is -2.51. The summed E-state index contributed by atoms with van der Waals surface area (Å²) in [4.78, 5) is 12.4. The van der Waals surface area contributed by atoms with Gasteiger partial charge >= 0.3 is 0 Å². The van der Waals surface area contributed by atoms with Crippen LogP contribution in [0.4, 0.5) is 5.69 Å². The number of carbonyl (C=O) groups is 1. The zero-order chi connectivity index (χ0) is 21.8. The summed E-state index contributed by atoms with van der Waals surface area (Å²) in [5, 5.41) is 12.8. The topological polar surface area (TPSA) is 69.0 Å². The van der Waals surface area contributed by atoms with Gasteiger partial charge in [-0.3, -0.25) is 4.79 Å². The Balaban J connectivity index is 1.58. The molecule has 2 aromatic carbocycles. The van der Waals surface area contributed by atoms with Crippen molar-refractivity contribution >= 4 is 35.0 Å². The molecule has 0 radical (unpaired) electrons. The summed E-state index contributed by atoms with van der Waals surface area (Å²) < 4.78 is 7.70. The summed E-state index contributed by atoms with van der Waals surface area (Å²) in [6.07, 6.45) is 0. The minimum absolute atomic E-state index is 0.0784. The molecule has 30 heavy (non-hydrogen) atoms. The number of halogens is 1. The number of nitrogens with one attached hydrogen (secondary N) is 1. The maximum Gasteiger partial charge on any atom is 0.234 e. The van der Waals surface area contributed by atoms with E-state index in [1.54, 1.807) is 0 Å². The van der Waals surface area contributed by atoms with Gasteiger partial charge in [0.05, 0.1) is 5.75 Å². The minimum atomic E-state index is -0.0784. The van der Waals surface area contributed by atoms with Crippen LogP contribution in [0.3, 0.4) is 0 Å². The number of carbonyl (C=O) groups excluding carboxylic acids is 1. The fourth-order valence-corrected chi connectivity index (χ4v) is 3.89. The van der Waals surface area contributed by atoms with Crippen LogP contribution in [0.2, 0.25) is 5.02 Å². The molecular weight excluding hydrogens is 420 g/mol. The van der Waals surface area contributed by atoms with Gasteiger partial charge in [-0.15, -0.1) is 10.2 Å². The molecule has 8 heteroatoms. The molecule has 0 fully saturated rings. The molecule has 3 aromatic rings. The standard InChI is InChI=1S/C22H25ClN4O2S/c1-13-7-6-8-14(2)21(13)24-19(28)12-30-22-26-25-18(27(22)5)11-29-17-9-15(3)20(23)16(4)10-17/h6-10H,11-12H2,1-5H3,(H,24,28). The lowest BCUT2D eigenvalue weighted by Gasteiger charge is -2.11. The Labute approximate surface area is 186 Å². The second kappa shape index (κ2) is 9.53. The molecule has 6 nitrogen and oxygen atoms in total. The fraction of sp³-hybridized carbons (Fsp3) is 0.318. The Morgan fingerprint density at radius 2 is 1.73 bits per heavy atom. The highest BCUT2D eigenvalue weighted by molar-refractivity contribution is 7.99. The molecule has 1 N–H and O–H groups in total. The van der Waals surface area contributed by atoms with Crippen molar-refractivity contribution in [3.05, 3.63) is 63.4 Å². The van der Waals surface area contributed by atoms with E-state index in [-0.39, 0.29) is 18.3 Å². The summed E-state index contributed by atoms with van der Waals surface area (Å²) in [6, 6.07) is 9.74. The zero-order valence-electron chi connectivity index (χ0n) is 17.7. The number of thioether (sulfide) groups is 1. The van der Waals surface area contributed by atoms with Crippen LogP contribution >= 0.6 is 23.4 Å². The number of para-hydroxylation sites is 1. The van der Waals surface area contributed by atoms with Crippen molar-refractivity contribution in [3.8, 4) is 5.75 Å². The van der Waals surface area contributed by atoms with Crippen LogP contribution in [-0.2, 0) is 18.4 Å². The lowest BCUT2D eigenvalue weighted by Crippen LogP contribution is -2.16. The largest absolute Gasteiger partial charge is 0.486 e. The van der Waals surface area contributed by atoms with Crippen LogP contribution in [0, 0.1) is 27.7 Å². The zero-order valence-corrected chi connectivity index (χ0v) is 19.3. The van der Waals surface area contributed by atoms with E-state index in [9.17, 15) is 4.79 Å². The average molecular weight is 445 g/mol. The number of aryl methyl sites for hydroxylation is 4. The molecule has 0 unspecified atom stereocenters. The van der Waals surface area contributed by atoms with E-state index >= 15 is 0 Å². The smallest absolute Gasteiger partial charge is 0.234 e. The third kappa shape index (κ3) is 5.15. The lowest BCUT2D eigenvalue weighted by atomic mass is 10.1. The molecule has 0 spiro atoms. The van der Waals surface area contributed by atoms with Crippen molar-refractivity contribution < 1.29 is 9.53 Å².